The summed E-state index contributed by atoms with van der Waals surface area (Å²) < 4.78 is 0. The zero-order chi connectivity index (χ0) is 10.5. The van der Waals surface area contributed by atoms with Crippen LogP contribution in [0.25, 0.3) is 0 Å². The first kappa shape index (κ1) is 9.83. The maximum absolute atomic E-state index is 4.29. The first-order valence-electron chi connectivity index (χ1n) is 5.12. The molecule has 2 rings (SSSR count). The number of nitrogens with one attached hydrogen (secondary N) is 1. The van der Waals surface area contributed by atoms with Crippen molar-refractivity contribution in [3.05, 3.63) is 30.0 Å². The molecule has 0 saturated heterocycles. The van der Waals surface area contributed by atoms with Crippen molar-refractivity contribution in [3.8, 4) is 0 Å². The molecule has 0 fully saturated rings. The third kappa shape index (κ3) is 2.87. The van der Waals surface area contributed by atoms with Gasteiger partial charge < -0.3 is 0 Å². The summed E-state index contributed by atoms with van der Waals surface area (Å²) in [7, 11) is 0. The molecule has 4 nitrogen and oxygen atoms in total. The van der Waals surface area contributed by atoms with Crippen LogP contribution in [0.2, 0.25) is 0 Å². The molecule has 0 aromatic carbocycles. The van der Waals surface area contributed by atoms with Crippen LogP contribution in [0.3, 0.4) is 0 Å². The lowest BCUT2D eigenvalue weighted by molar-refractivity contribution is 0.834. The minimum Gasteiger partial charge on any atom is -0.260 e. The normalized spacial score (nSPS) is 18.7. The highest BCUT2D eigenvalue weighted by molar-refractivity contribution is 5.96. The molecule has 78 valence electrons. The van der Waals surface area contributed by atoms with Gasteiger partial charge in [-0.2, -0.15) is 10.2 Å². The smallest absolute Gasteiger partial charge is 0.168 e. The number of rotatable bonds is 2. The van der Waals surface area contributed by atoms with Crippen LogP contribution in [0.1, 0.15) is 26.2 Å². The maximum atomic E-state index is 4.29. The average molecular weight is 202 g/mol. The predicted molar refractivity (Wildman–Crippen MR) is 60.7 cm³/mol. The Balaban J connectivity index is 2.03. The van der Waals surface area contributed by atoms with E-state index in [-0.39, 0.29) is 0 Å². The van der Waals surface area contributed by atoms with E-state index in [9.17, 15) is 0 Å². The topological polar surface area (TPSA) is 50.2 Å². The van der Waals surface area contributed by atoms with Gasteiger partial charge in [0.1, 0.15) is 0 Å². The minimum absolute atomic E-state index is 0.682. The van der Waals surface area contributed by atoms with Crippen LogP contribution in [0.4, 0.5) is 5.82 Å². The molecule has 1 N–H and O–H groups in total. The van der Waals surface area contributed by atoms with Crippen molar-refractivity contribution in [3.63, 3.8) is 0 Å². The van der Waals surface area contributed by atoms with Crippen LogP contribution < -0.4 is 5.43 Å². The molecule has 4 heteroatoms. The molecule has 0 radical (unpaired) electrons. The lowest BCUT2D eigenvalue weighted by Crippen LogP contribution is -2.05. The minimum atomic E-state index is 0.682. The van der Waals surface area contributed by atoms with Gasteiger partial charge in [0.15, 0.2) is 5.82 Å². The van der Waals surface area contributed by atoms with E-state index < -0.39 is 0 Å². The van der Waals surface area contributed by atoms with Crippen LogP contribution in [0, 0.1) is 0 Å². The maximum Gasteiger partial charge on any atom is 0.168 e. The number of hydrogen-bond donors (Lipinski definition) is 1. The summed E-state index contributed by atoms with van der Waals surface area (Å²) in [5, 5.41) is 12.0. The van der Waals surface area contributed by atoms with E-state index in [1.54, 1.807) is 6.20 Å². The van der Waals surface area contributed by atoms with Crippen molar-refractivity contribution < 1.29 is 0 Å². The third-order valence-corrected chi connectivity index (χ3v) is 2.30. The number of anilines is 1. The summed E-state index contributed by atoms with van der Waals surface area (Å²) >= 11 is 0. The zero-order valence-electron chi connectivity index (χ0n) is 8.77. The van der Waals surface area contributed by atoms with Crippen LogP contribution in [0.15, 0.2) is 35.1 Å². The summed E-state index contributed by atoms with van der Waals surface area (Å²) in [4.78, 5) is 0. The Hall–Kier alpha value is -1.71. The van der Waals surface area contributed by atoms with E-state index in [1.807, 2.05) is 12.1 Å². The largest absolute Gasteiger partial charge is 0.260 e. The van der Waals surface area contributed by atoms with Crippen LogP contribution in [0.5, 0.6) is 0 Å². The van der Waals surface area contributed by atoms with Gasteiger partial charge in [-0.05, 0) is 44.4 Å². The molecule has 0 amide bonds. The van der Waals surface area contributed by atoms with E-state index in [4.69, 9.17) is 0 Å². The van der Waals surface area contributed by atoms with E-state index in [2.05, 4.69) is 33.7 Å². The van der Waals surface area contributed by atoms with E-state index in [0.717, 1.165) is 12.1 Å². The van der Waals surface area contributed by atoms with Crippen molar-refractivity contribution in [1.82, 2.24) is 10.2 Å². The molecule has 0 saturated carbocycles. The molecule has 1 aliphatic rings. The quantitative estimate of drug-likeness (QED) is 0.749. The Labute approximate surface area is 89.1 Å². The first-order valence-corrected chi connectivity index (χ1v) is 5.12. The van der Waals surface area contributed by atoms with E-state index in [0.29, 0.717) is 5.82 Å². The molecule has 1 aromatic rings. The fraction of sp³-hybridized carbons (Fsp3) is 0.364. The standard InChI is InChI=1S/C11H14N4/c1-9-4-2-5-10(8-9)13-15-11-6-3-7-12-14-11/h3,6-8H,2,4-5H2,1H3,(H,14,15)/b13-10-. The highest BCUT2D eigenvalue weighted by Gasteiger charge is 2.04. The van der Waals surface area contributed by atoms with Crippen molar-refractivity contribution in [2.75, 3.05) is 5.43 Å². The lowest BCUT2D eigenvalue weighted by Gasteiger charge is -2.10. The van der Waals surface area contributed by atoms with Crippen molar-refractivity contribution in [2.24, 2.45) is 5.10 Å². The molecule has 0 atom stereocenters. The predicted octanol–water partition coefficient (Wildman–Crippen LogP) is 2.37. The van der Waals surface area contributed by atoms with Gasteiger partial charge in [-0.3, -0.25) is 5.43 Å². The average Bonchev–Trinajstić information content (AvgIpc) is 2.28. The second-order valence-electron chi connectivity index (χ2n) is 3.67. The Morgan fingerprint density at radius 2 is 2.33 bits per heavy atom. The molecule has 0 unspecified atom stereocenters. The highest BCUT2D eigenvalue weighted by atomic mass is 15.3. The summed E-state index contributed by atoms with van der Waals surface area (Å²) in [6.07, 6.45) is 7.17. The first-order chi connectivity index (χ1) is 7.34. The van der Waals surface area contributed by atoms with Crippen molar-refractivity contribution in [2.45, 2.75) is 26.2 Å². The number of nitrogens with zero attached hydrogens (tertiary/aromatic N) is 3. The molecular formula is C11H14N4. The monoisotopic (exact) mass is 202 g/mol. The van der Waals surface area contributed by atoms with Crippen LogP contribution >= 0.6 is 0 Å². The van der Waals surface area contributed by atoms with Gasteiger partial charge in [0.2, 0.25) is 0 Å². The molecular weight excluding hydrogens is 188 g/mol. The summed E-state index contributed by atoms with van der Waals surface area (Å²) in [5.74, 6) is 0.682. The molecule has 1 aromatic heterocycles. The summed E-state index contributed by atoms with van der Waals surface area (Å²) in [5.41, 5.74) is 5.38. The Morgan fingerprint density at radius 3 is 3.07 bits per heavy atom. The molecule has 0 aliphatic heterocycles. The Bertz CT molecular complexity index is 381. The van der Waals surface area contributed by atoms with Gasteiger partial charge in [0, 0.05) is 6.20 Å². The van der Waals surface area contributed by atoms with Gasteiger partial charge in [-0.25, -0.2) is 0 Å². The Kier molecular flexibility index (Phi) is 3.07. The van der Waals surface area contributed by atoms with Crippen LogP contribution in [-0.4, -0.2) is 15.9 Å². The fourth-order valence-corrected chi connectivity index (χ4v) is 1.56. The van der Waals surface area contributed by atoms with E-state index in [1.165, 1.54) is 18.4 Å². The van der Waals surface area contributed by atoms with Gasteiger partial charge in [-0.1, -0.05) is 5.57 Å². The van der Waals surface area contributed by atoms with Crippen molar-refractivity contribution >= 4 is 11.5 Å². The highest BCUT2D eigenvalue weighted by Crippen LogP contribution is 2.15. The molecule has 1 aliphatic carbocycles. The molecule has 15 heavy (non-hydrogen) atoms. The SMILES string of the molecule is CC1=C/C(=N\Nc2cccnn2)CCC1. The Morgan fingerprint density at radius 1 is 1.40 bits per heavy atom. The number of hydrogen-bond acceptors (Lipinski definition) is 4. The molecule has 0 spiro atoms. The zero-order valence-corrected chi connectivity index (χ0v) is 8.77. The molecule has 0 bridgehead atoms. The fourth-order valence-electron chi connectivity index (χ4n) is 1.56. The van der Waals surface area contributed by atoms with Gasteiger partial charge in [0.25, 0.3) is 0 Å². The lowest BCUT2D eigenvalue weighted by atomic mass is 10.00. The van der Waals surface area contributed by atoms with Crippen LogP contribution in [-0.2, 0) is 0 Å². The van der Waals surface area contributed by atoms with Crippen molar-refractivity contribution in [1.29, 1.82) is 0 Å². The summed E-state index contributed by atoms with van der Waals surface area (Å²) in [6.45, 7) is 2.14. The number of aromatic nitrogens is 2. The second-order valence-corrected chi connectivity index (χ2v) is 3.67. The van der Waals surface area contributed by atoms with Gasteiger partial charge in [0.05, 0.1) is 5.71 Å². The number of allylic oxidation sites excluding steroid dienone is 2. The molecule has 1 heterocycles. The van der Waals surface area contributed by atoms with E-state index >= 15 is 0 Å². The van der Waals surface area contributed by atoms with Gasteiger partial charge in [-0.15, -0.1) is 5.10 Å². The van der Waals surface area contributed by atoms with Gasteiger partial charge >= 0.3 is 0 Å². The summed E-state index contributed by atoms with van der Waals surface area (Å²) in [6, 6.07) is 3.67. The number of hydrazone groups is 1. The second kappa shape index (κ2) is 4.68. The third-order valence-electron chi connectivity index (χ3n) is 2.30.